The fraction of sp³-hybridized carbons (Fsp3) is 0.600. The van der Waals surface area contributed by atoms with Crippen molar-refractivity contribution in [2.45, 2.75) is 33.2 Å². The van der Waals surface area contributed by atoms with Gasteiger partial charge < -0.3 is 11.1 Å². The quantitative estimate of drug-likeness (QED) is 0.655. The Morgan fingerprint density at radius 2 is 2.27 bits per heavy atom. The largest absolute Gasteiger partial charge is 0.354 e. The molecule has 0 saturated heterocycles. The van der Waals surface area contributed by atoms with Crippen LogP contribution in [0.2, 0.25) is 0 Å². The van der Waals surface area contributed by atoms with Crippen molar-refractivity contribution in [3.63, 3.8) is 0 Å². The van der Waals surface area contributed by atoms with Crippen LogP contribution in [0.4, 0.5) is 0 Å². The van der Waals surface area contributed by atoms with E-state index in [1.807, 2.05) is 20.8 Å². The van der Waals surface area contributed by atoms with E-state index in [1.54, 1.807) is 0 Å². The molecule has 1 heterocycles. The third kappa shape index (κ3) is 3.36. The molecule has 1 aromatic heterocycles. The lowest BCUT2D eigenvalue weighted by molar-refractivity contribution is -0.120. The molecule has 0 spiro atoms. The van der Waals surface area contributed by atoms with Crippen molar-refractivity contribution >= 4 is 5.91 Å². The lowest BCUT2D eigenvalue weighted by Crippen LogP contribution is -2.36. The van der Waals surface area contributed by atoms with Crippen molar-refractivity contribution in [3.8, 4) is 0 Å². The van der Waals surface area contributed by atoms with Crippen LogP contribution in [-0.4, -0.2) is 28.7 Å². The molecule has 4 N–H and O–H groups in total. The third-order valence-electron chi connectivity index (χ3n) is 2.24. The Morgan fingerprint density at radius 1 is 1.60 bits per heavy atom. The Hall–Kier alpha value is -1.36. The normalized spacial score (nSPS) is 12.5. The molecular formula is C10H18N4O. The van der Waals surface area contributed by atoms with Crippen LogP contribution >= 0.6 is 0 Å². The lowest BCUT2D eigenvalue weighted by atomic mass is 10.1. The number of nitrogens with one attached hydrogen (secondary N) is 2. The minimum Gasteiger partial charge on any atom is -0.354 e. The number of aromatic amines is 1. The van der Waals surface area contributed by atoms with Crippen molar-refractivity contribution in [2.24, 2.45) is 5.73 Å². The van der Waals surface area contributed by atoms with E-state index in [0.717, 1.165) is 17.0 Å². The van der Waals surface area contributed by atoms with Gasteiger partial charge in [-0.2, -0.15) is 5.10 Å². The summed E-state index contributed by atoms with van der Waals surface area (Å²) in [6.07, 6.45) is 0.362. The van der Waals surface area contributed by atoms with Gasteiger partial charge in [0.25, 0.3) is 0 Å². The summed E-state index contributed by atoms with van der Waals surface area (Å²) in [5.41, 5.74) is 8.34. The number of aromatic nitrogens is 2. The van der Waals surface area contributed by atoms with Gasteiger partial charge in [-0.05, 0) is 20.8 Å². The predicted octanol–water partition coefficient (Wildman–Crippen LogP) is 0.0324. The maximum Gasteiger partial charge on any atom is 0.224 e. The predicted molar refractivity (Wildman–Crippen MR) is 58.4 cm³/mol. The first-order valence-electron chi connectivity index (χ1n) is 5.03. The second-order valence-electron chi connectivity index (χ2n) is 3.87. The van der Waals surface area contributed by atoms with E-state index < -0.39 is 0 Å². The van der Waals surface area contributed by atoms with E-state index in [0.29, 0.717) is 13.0 Å². The van der Waals surface area contributed by atoms with Crippen LogP contribution in [0, 0.1) is 13.8 Å². The number of nitrogens with zero attached hydrogens (tertiary/aromatic N) is 1. The molecule has 5 heteroatoms. The summed E-state index contributed by atoms with van der Waals surface area (Å²) in [5.74, 6) is -0.0140. The van der Waals surface area contributed by atoms with Gasteiger partial charge in [0, 0.05) is 23.8 Å². The maximum absolute atomic E-state index is 11.5. The molecule has 0 bridgehead atoms. The number of aryl methyl sites for hydroxylation is 2. The van der Waals surface area contributed by atoms with Gasteiger partial charge in [-0.3, -0.25) is 9.89 Å². The van der Waals surface area contributed by atoms with Crippen LogP contribution in [0.25, 0.3) is 0 Å². The highest BCUT2D eigenvalue weighted by Crippen LogP contribution is 2.09. The van der Waals surface area contributed by atoms with Gasteiger partial charge in [-0.1, -0.05) is 0 Å². The Balaban J connectivity index is 2.51. The van der Waals surface area contributed by atoms with Gasteiger partial charge in [0.05, 0.1) is 12.1 Å². The van der Waals surface area contributed by atoms with Gasteiger partial charge in [-0.15, -0.1) is 0 Å². The van der Waals surface area contributed by atoms with Crippen LogP contribution in [0.3, 0.4) is 0 Å². The molecule has 0 aromatic carbocycles. The standard InChI is InChI=1S/C10H18N4O/c1-6(11)5-12-10(15)4-9-7(2)13-14-8(9)3/h6H,4-5,11H2,1-3H3,(H,12,15)(H,13,14). The topological polar surface area (TPSA) is 83.8 Å². The average molecular weight is 210 g/mol. The van der Waals surface area contributed by atoms with E-state index in [1.165, 1.54) is 0 Å². The van der Waals surface area contributed by atoms with Crippen LogP contribution in [0.15, 0.2) is 0 Å². The molecule has 0 aliphatic carbocycles. The molecule has 0 aliphatic heterocycles. The number of amides is 1. The molecule has 1 atom stereocenters. The Kier molecular flexibility index (Phi) is 3.85. The van der Waals surface area contributed by atoms with E-state index in [2.05, 4.69) is 15.5 Å². The minimum absolute atomic E-state index is 0.0134. The van der Waals surface area contributed by atoms with Crippen LogP contribution < -0.4 is 11.1 Å². The highest BCUT2D eigenvalue weighted by atomic mass is 16.1. The summed E-state index contributed by atoms with van der Waals surface area (Å²) in [5, 5.41) is 9.66. The Bertz CT molecular complexity index is 324. The number of rotatable bonds is 4. The molecule has 84 valence electrons. The van der Waals surface area contributed by atoms with Gasteiger partial charge in [0.15, 0.2) is 0 Å². The van der Waals surface area contributed by atoms with Gasteiger partial charge in [0.1, 0.15) is 0 Å². The smallest absolute Gasteiger partial charge is 0.224 e. The van der Waals surface area contributed by atoms with Gasteiger partial charge in [-0.25, -0.2) is 0 Å². The molecule has 0 radical (unpaired) electrons. The first kappa shape index (κ1) is 11.7. The molecule has 1 aromatic rings. The number of carbonyl (C=O) groups excluding carboxylic acids is 1. The van der Waals surface area contributed by atoms with Crippen molar-refractivity contribution in [1.82, 2.24) is 15.5 Å². The molecule has 1 amide bonds. The Morgan fingerprint density at radius 3 is 2.73 bits per heavy atom. The van der Waals surface area contributed by atoms with Crippen LogP contribution in [-0.2, 0) is 11.2 Å². The van der Waals surface area contributed by atoms with Gasteiger partial charge in [0.2, 0.25) is 5.91 Å². The lowest BCUT2D eigenvalue weighted by Gasteiger charge is -2.07. The van der Waals surface area contributed by atoms with E-state index in [-0.39, 0.29) is 11.9 Å². The fourth-order valence-corrected chi connectivity index (χ4v) is 1.33. The number of hydrogen-bond donors (Lipinski definition) is 3. The molecule has 15 heavy (non-hydrogen) atoms. The SMILES string of the molecule is Cc1n[nH]c(C)c1CC(=O)NCC(C)N. The average Bonchev–Trinajstić information content (AvgIpc) is 2.46. The van der Waals surface area contributed by atoms with E-state index >= 15 is 0 Å². The summed E-state index contributed by atoms with van der Waals surface area (Å²) < 4.78 is 0. The van der Waals surface area contributed by atoms with Gasteiger partial charge >= 0.3 is 0 Å². The zero-order valence-corrected chi connectivity index (χ0v) is 9.42. The molecule has 5 nitrogen and oxygen atoms in total. The molecular weight excluding hydrogens is 192 g/mol. The van der Waals surface area contributed by atoms with E-state index in [9.17, 15) is 4.79 Å². The summed E-state index contributed by atoms with van der Waals surface area (Å²) in [7, 11) is 0. The molecule has 0 aliphatic rings. The second-order valence-corrected chi connectivity index (χ2v) is 3.87. The van der Waals surface area contributed by atoms with Crippen LogP contribution in [0.1, 0.15) is 23.9 Å². The second kappa shape index (κ2) is 4.93. The van der Waals surface area contributed by atoms with Crippen molar-refractivity contribution < 1.29 is 4.79 Å². The van der Waals surface area contributed by atoms with Crippen molar-refractivity contribution in [3.05, 3.63) is 17.0 Å². The third-order valence-corrected chi connectivity index (χ3v) is 2.24. The highest BCUT2D eigenvalue weighted by Gasteiger charge is 2.11. The van der Waals surface area contributed by atoms with Crippen molar-refractivity contribution in [1.29, 1.82) is 0 Å². The zero-order valence-electron chi connectivity index (χ0n) is 9.42. The number of nitrogens with two attached hydrogens (primary N) is 1. The number of hydrogen-bond acceptors (Lipinski definition) is 3. The first-order chi connectivity index (χ1) is 7.00. The minimum atomic E-state index is -0.0140. The Labute approximate surface area is 89.4 Å². The molecule has 1 rings (SSSR count). The summed E-state index contributed by atoms with van der Waals surface area (Å²) in [6.45, 7) is 6.16. The number of H-pyrrole nitrogens is 1. The van der Waals surface area contributed by atoms with Crippen LogP contribution in [0.5, 0.6) is 0 Å². The summed E-state index contributed by atoms with van der Waals surface area (Å²) in [4.78, 5) is 11.5. The fourth-order valence-electron chi connectivity index (χ4n) is 1.33. The maximum atomic E-state index is 11.5. The van der Waals surface area contributed by atoms with Crippen molar-refractivity contribution in [2.75, 3.05) is 6.54 Å². The monoisotopic (exact) mass is 210 g/mol. The molecule has 1 unspecified atom stereocenters. The van der Waals surface area contributed by atoms with E-state index in [4.69, 9.17) is 5.73 Å². The summed E-state index contributed by atoms with van der Waals surface area (Å²) in [6, 6.07) is -0.0134. The number of carbonyl (C=O) groups is 1. The first-order valence-corrected chi connectivity index (χ1v) is 5.03. The summed E-state index contributed by atoms with van der Waals surface area (Å²) >= 11 is 0. The highest BCUT2D eigenvalue weighted by molar-refractivity contribution is 5.79. The molecule has 0 saturated carbocycles. The zero-order chi connectivity index (χ0) is 11.4. The molecule has 0 fully saturated rings.